The van der Waals surface area contributed by atoms with E-state index in [1.807, 2.05) is 24.3 Å². The zero-order valence-corrected chi connectivity index (χ0v) is 11.0. The third kappa shape index (κ3) is 3.13. The Morgan fingerprint density at radius 2 is 2.05 bits per heavy atom. The molecule has 0 saturated carbocycles. The molecule has 5 heteroatoms. The van der Waals surface area contributed by atoms with E-state index >= 15 is 0 Å². The summed E-state index contributed by atoms with van der Waals surface area (Å²) < 4.78 is 6.91. The number of rotatable bonds is 4. The lowest BCUT2D eigenvalue weighted by atomic mass is 10.2. The minimum atomic E-state index is -0.548. The maximum Gasteiger partial charge on any atom is 0.324 e. The molecule has 0 atom stereocenters. The number of hydrogen-bond donors (Lipinski definition) is 1. The van der Waals surface area contributed by atoms with E-state index in [-0.39, 0.29) is 0 Å². The molecule has 0 radical (unpaired) electrons. The minimum absolute atomic E-state index is 0.480. The molecule has 5 nitrogen and oxygen atoms in total. The SMILES string of the molecule is CC(C)COc1ccc(-c2nccn2C(N)=O)cc1. The molecular weight excluding hydrogens is 242 g/mol. The van der Waals surface area contributed by atoms with E-state index in [1.165, 1.54) is 4.57 Å². The molecule has 0 unspecified atom stereocenters. The van der Waals surface area contributed by atoms with Crippen LogP contribution in [0.3, 0.4) is 0 Å². The van der Waals surface area contributed by atoms with E-state index in [0.717, 1.165) is 11.3 Å². The van der Waals surface area contributed by atoms with Crippen LogP contribution in [-0.2, 0) is 0 Å². The lowest BCUT2D eigenvalue weighted by Gasteiger charge is -2.09. The van der Waals surface area contributed by atoms with Gasteiger partial charge in [0, 0.05) is 18.0 Å². The van der Waals surface area contributed by atoms with Crippen molar-refractivity contribution in [2.45, 2.75) is 13.8 Å². The molecule has 19 heavy (non-hydrogen) atoms. The first-order valence-corrected chi connectivity index (χ1v) is 6.14. The number of ether oxygens (including phenoxy) is 1. The summed E-state index contributed by atoms with van der Waals surface area (Å²) in [6, 6.07) is 6.89. The van der Waals surface area contributed by atoms with Crippen molar-refractivity contribution in [2.75, 3.05) is 6.61 Å². The molecule has 2 rings (SSSR count). The van der Waals surface area contributed by atoms with E-state index < -0.39 is 6.03 Å². The van der Waals surface area contributed by atoms with Crippen molar-refractivity contribution >= 4 is 6.03 Å². The molecule has 1 heterocycles. The standard InChI is InChI=1S/C14H17N3O2/c1-10(2)9-19-12-5-3-11(4-6-12)13-16-7-8-17(13)14(15)18/h3-8,10H,9H2,1-2H3,(H2,15,18). The van der Waals surface area contributed by atoms with Gasteiger partial charge in [-0.25, -0.2) is 9.78 Å². The molecule has 0 aliphatic carbocycles. The molecule has 2 aromatic rings. The molecule has 100 valence electrons. The van der Waals surface area contributed by atoms with Gasteiger partial charge in [-0.1, -0.05) is 13.8 Å². The zero-order chi connectivity index (χ0) is 13.8. The van der Waals surface area contributed by atoms with E-state index in [1.54, 1.807) is 12.4 Å². The molecule has 0 spiro atoms. The molecule has 0 saturated heterocycles. The fourth-order valence-electron chi connectivity index (χ4n) is 1.66. The second-order valence-corrected chi connectivity index (χ2v) is 4.69. The molecule has 1 aromatic carbocycles. The largest absolute Gasteiger partial charge is 0.493 e. The topological polar surface area (TPSA) is 70.1 Å². The van der Waals surface area contributed by atoms with Crippen molar-refractivity contribution in [3.63, 3.8) is 0 Å². The van der Waals surface area contributed by atoms with E-state index in [2.05, 4.69) is 18.8 Å². The predicted molar refractivity (Wildman–Crippen MR) is 73.0 cm³/mol. The van der Waals surface area contributed by atoms with Gasteiger partial charge in [-0.2, -0.15) is 0 Å². The van der Waals surface area contributed by atoms with Crippen molar-refractivity contribution in [3.05, 3.63) is 36.7 Å². The van der Waals surface area contributed by atoms with Crippen LogP contribution in [0.2, 0.25) is 0 Å². The monoisotopic (exact) mass is 259 g/mol. The van der Waals surface area contributed by atoms with Gasteiger partial charge in [0.05, 0.1) is 6.61 Å². The van der Waals surface area contributed by atoms with Crippen molar-refractivity contribution in [2.24, 2.45) is 11.7 Å². The van der Waals surface area contributed by atoms with Crippen molar-refractivity contribution in [3.8, 4) is 17.1 Å². The molecule has 0 bridgehead atoms. The minimum Gasteiger partial charge on any atom is -0.493 e. The Balaban J connectivity index is 2.18. The van der Waals surface area contributed by atoms with Crippen LogP contribution in [0.4, 0.5) is 4.79 Å². The van der Waals surface area contributed by atoms with Gasteiger partial charge in [0.2, 0.25) is 0 Å². The van der Waals surface area contributed by atoms with Crippen LogP contribution in [-0.4, -0.2) is 22.2 Å². The van der Waals surface area contributed by atoms with Crippen LogP contribution >= 0.6 is 0 Å². The Bertz CT molecular complexity index is 558. The molecule has 0 aliphatic heterocycles. The Morgan fingerprint density at radius 1 is 1.37 bits per heavy atom. The summed E-state index contributed by atoms with van der Waals surface area (Å²) in [6.07, 6.45) is 3.09. The van der Waals surface area contributed by atoms with Crippen molar-refractivity contribution < 1.29 is 9.53 Å². The Kier molecular flexibility index (Phi) is 3.85. The predicted octanol–water partition coefficient (Wildman–Crippen LogP) is 2.51. The fourth-order valence-corrected chi connectivity index (χ4v) is 1.66. The summed E-state index contributed by atoms with van der Waals surface area (Å²) in [5, 5.41) is 0. The van der Waals surface area contributed by atoms with Crippen LogP contribution in [0.5, 0.6) is 5.75 Å². The van der Waals surface area contributed by atoms with Gasteiger partial charge in [0.25, 0.3) is 0 Å². The summed E-state index contributed by atoms with van der Waals surface area (Å²) in [5.74, 6) is 1.81. The normalized spacial score (nSPS) is 10.7. The highest BCUT2D eigenvalue weighted by Gasteiger charge is 2.09. The van der Waals surface area contributed by atoms with Gasteiger partial charge in [-0.3, -0.25) is 4.57 Å². The van der Waals surface area contributed by atoms with Gasteiger partial charge >= 0.3 is 6.03 Å². The molecular formula is C14H17N3O2. The maximum absolute atomic E-state index is 11.2. The number of amides is 1. The highest BCUT2D eigenvalue weighted by Crippen LogP contribution is 2.21. The van der Waals surface area contributed by atoms with Crippen molar-refractivity contribution in [1.29, 1.82) is 0 Å². The van der Waals surface area contributed by atoms with Crippen LogP contribution in [0.25, 0.3) is 11.4 Å². The summed E-state index contributed by atoms with van der Waals surface area (Å²) in [7, 11) is 0. The van der Waals surface area contributed by atoms with Crippen LogP contribution in [0.15, 0.2) is 36.7 Å². The Hall–Kier alpha value is -2.30. The molecule has 1 amide bonds. The highest BCUT2D eigenvalue weighted by molar-refractivity contribution is 5.79. The van der Waals surface area contributed by atoms with Gasteiger partial charge in [-0.15, -0.1) is 0 Å². The third-order valence-electron chi connectivity index (χ3n) is 2.57. The quantitative estimate of drug-likeness (QED) is 0.917. The fraction of sp³-hybridized carbons (Fsp3) is 0.286. The maximum atomic E-state index is 11.2. The summed E-state index contributed by atoms with van der Waals surface area (Å²) >= 11 is 0. The van der Waals surface area contributed by atoms with Crippen LogP contribution < -0.4 is 10.5 Å². The highest BCUT2D eigenvalue weighted by atomic mass is 16.5. The lowest BCUT2D eigenvalue weighted by Crippen LogP contribution is -2.19. The molecule has 1 aromatic heterocycles. The van der Waals surface area contributed by atoms with Crippen LogP contribution in [0.1, 0.15) is 13.8 Å². The summed E-state index contributed by atoms with van der Waals surface area (Å²) in [4.78, 5) is 15.4. The first-order valence-electron chi connectivity index (χ1n) is 6.14. The van der Waals surface area contributed by atoms with E-state index in [9.17, 15) is 4.79 Å². The summed E-state index contributed by atoms with van der Waals surface area (Å²) in [6.45, 7) is 4.87. The molecule has 0 aliphatic rings. The number of hydrogen-bond acceptors (Lipinski definition) is 3. The van der Waals surface area contributed by atoms with E-state index in [4.69, 9.17) is 10.5 Å². The number of carbonyl (C=O) groups is 1. The Morgan fingerprint density at radius 3 is 2.63 bits per heavy atom. The number of carbonyl (C=O) groups excluding carboxylic acids is 1. The molecule has 0 fully saturated rings. The third-order valence-corrected chi connectivity index (χ3v) is 2.57. The zero-order valence-electron chi connectivity index (χ0n) is 11.0. The number of aromatic nitrogens is 2. The van der Waals surface area contributed by atoms with Gasteiger partial charge in [0.1, 0.15) is 11.6 Å². The van der Waals surface area contributed by atoms with Gasteiger partial charge in [-0.05, 0) is 30.2 Å². The molecule has 2 N–H and O–H groups in total. The average molecular weight is 259 g/mol. The second-order valence-electron chi connectivity index (χ2n) is 4.69. The summed E-state index contributed by atoms with van der Waals surface area (Å²) in [5.41, 5.74) is 6.09. The second kappa shape index (κ2) is 5.56. The van der Waals surface area contributed by atoms with Gasteiger partial charge < -0.3 is 10.5 Å². The number of primary amides is 1. The van der Waals surface area contributed by atoms with Crippen LogP contribution in [0, 0.1) is 5.92 Å². The van der Waals surface area contributed by atoms with E-state index in [0.29, 0.717) is 18.3 Å². The number of benzene rings is 1. The lowest BCUT2D eigenvalue weighted by molar-refractivity contribution is 0.250. The average Bonchev–Trinajstić information content (AvgIpc) is 2.86. The smallest absolute Gasteiger partial charge is 0.324 e. The van der Waals surface area contributed by atoms with Gasteiger partial charge in [0.15, 0.2) is 0 Å². The first kappa shape index (κ1) is 13.1. The van der Waals surface area contributed by atoms with Crippen molar-refractivity contribution in [1.82, 2.24) is 9.55 Å². The number of nitrogens with two attached hydrogens (primary N) is 1. The Labute approximate surface area is 112 Å². The number of nitrogens with zero attached hydrogens (tertiary/aromatic N) is 2. The number of imidazole rings is 1. The first-order chi connectivity index (χ1) is 9.08.